The van der Waals surface area contributed by atoms with E-state index in [9.17, 15) is 23.2 Å². The molecule has 10 nitrogen and oxygen atoms in total. The quantitative estimate of drug-likeness (QED) is 0.407. The lowest BCUT2D eigenvalue weighted by Crippen LogP contribution is -2.31. The van der Waals surface area contributed by atoms with Crippen LogP contribution in [0.2, 0.25) is 0 Å². The number of hydrogen-bond donors (Lipinski definition) is 3. The maximum absolute atomic E-state index is 13.4. The molecular weight excluding hydrogens is 400 g/mol. The second-order valence-corrected chi connectivity index (χ2v) is 6.42. The third-order valence-corrected chi connectivity index (χ3v) is 4.55. The van der Waals surface area contributed by atoms with Crippen LogP contribution in [0, 0.1) is 25.5 Å². The van der Waals surface area contributed by atoms with Gasteiger partial charge in [-0.25, -0.2) is 8.78 Å². The van der Waals surface area contributed by atoms with E-state index in [0.717, 1.165) is 12.1 Å². The van der Waals surface area contributed by atoms with Crippen LogP contribution in [0.3, 0.4) is 0 Å². The normalized spacial score (nSPS) is 10.7. The summed E-state index contributed by atoms with van der Waals surface area (Å²) in [5.74, 6) is -4.33. The van der Waals surface area contributed by atoms with Crippen molar-refractivity contribution in [3.05, 3.63) is 58.2 Å². The van der Waals surface area contributed by atoms with Crippen LogP contribution < -0.4 is 10.6 Å². The number of carbonyl (C=O) groups is 3. The van der Waals surface area contributed by atoms with Gasteiger partial charge in [0, 0.05) is 24.5 Å². The second kappa shape index (κ2) is 8.19. The summed E-state index contributed by atoms with van der Waals surface area (Å²) in [6.45, 7) is 3.00. The number of amides is 2. The smallest absolute Gasteiger partial charge is 0.292 e. The van der Waals surface area contributed by atoms with Crippen LogP contribution >= 0.6 is 0 Å². The first-order chi connectivity index (χ1) is 14.2. The molecule has 2 amide bonds. The van der Waals surface area contributed by atoms with E-state index in [1.54, 1.807) is 14.0 Å². The minimum absolute atomic E-state index is 0.0443. The number of hydrogen-bond acceptors (Lipinski definition) is 6. The van der Waals surface area contributed by atoms with E-state index >= 15 is 0 Å². The number of carbonyl (C=O) groups excluding carboxylic acids is 3. The fraction of sp³-hybridized carbons (Fsp3) is 0.222. The summed E-state index contributed by atoms with van der Waals surface area (Å²) in [6, 6.07) is 2.94. The molecule has 3 rings (SSSR count). The summed E-state index contributed by atoms with van der Waals surface area (Å²) >= 11 is 0. The number of Topliss-reactive ketones (excluding diaryl/α,β-unsaturated/α-hetero) is 1. The van der Waals surface area contributed by atoms with Gasteiger partial charge in [0.2, 0.25) is 0 Å². The number of rotatable bonds is 6. The number of anilines is 1. The van der Waals surface area contributed by atoms with E-state index in [0.29, 0.717) is 5.69 Å². The van der Waals surface area contributed by atoms with Crippen LogP contribution in [0.25, 0.3) is 0 Å². The van der Waals surface area contributed by atoms with E-state index in [-0.39, 0.29) is 34.9 Å². The van der Waals surface area contributed by atoms with Gasteiger partial charge in [-0.05, 0) is 31.5 Å². The van der Waals surface area contributed by atoms with E-state index < -0.39 is 29.2 Å². The maximum Gasteiger partial charge on any atom is 0.292 e. The molecule has 0 aliphatic heterocycles. The lowest BCUT2D eigenvalue weighted by atomic mass is 10.0. The first kappa shape index (κ1) is 20.8. The Labute approximate surface area is 168 Å². The van der Waals surface area contributed by atoms with Crippen molar-refractivity contribution in [3.8, 4) is 0 Å². The van der Waals surface area contributed by atoms with Crippen molar-refractivity contribution in [2.45, 2.75) is 20.4 Å². The zero-order valence-electron chi connectivity index (χ0n) is 16.2. The number of halogens is 2. The summed E-state index contributed by atoms with van der Waals surface area (Å²) in [7, 11) is 1.55. The number of nitrogens with zero attached hydrogens (tertiary/aromatic N) is 4. The van der Waals surface area contributed by atoms with Crippen molar-refractivity contribution >= 4 is 23.3 Å². The molecular formula is C18H17F2N7O3. The zero-order chi connectivity index (χ0) is 22.0. The Morgan fingerprint density at radius 3 is 2.53 bits per heavy atom. The Kier molecular flexibility index (Phi) is 5.67. The largest absolute Gasteiger partial charge is 0.343 e. The van der Waals surface area contributed by atoms with Crippen molar-refractivity contribution in [1.82, 2.24) is 30.5 Å². The molecule has 0 radical (unpaired) electrons. The summed E-state index contributed by atoms with van der Waals surface area (Å²) in [5.41, 5.74) is 0.880. The van der Waals surface area contributed by atoms with Crippen LogP contribution in [-0.2, 0) is 18.4 Å². The fourth-order valence-corrected chi connectivity index (χ4v) is 3.01. The van der Waals surface area contributed by atoms with Gasteiger partial charge < -0.3 is 15.2 Å². The Balaban J connectivity index is 1.83. The molecule has 2 aromatic heterocycles. The number of aromatic nitrogens is 5. The molecule has 0 saturated carbocycles. The highest BCUT2D eigenvalue weighted by Gasteiger charge is 2.28. The van der Waals surface area contributed by atoms with Gasteiger partial charge in [0.15, 0.2) is 17.5 Å². The predicted molar refractivity (Wildman–Crippen MR) is 99.6 cm³/mol. The molecule has 3 N–H and O–H groups in total. The summed E-state index contributed by atoms with van der Waals surface area (Å²) in [5, 5.41) is 17.7. The van der Waals surface area contributed by atoms with Crippen molar-refractivity contribution in [3.63, 3.8) is 0 Å². The van der Waals surface area contributed by atoms with Crippen molar-refractivity contribution in [2.24, 2.45) is 7.05 Å². The number of aromatic amines is 1. The molecule has 1 aromatic carbocycles. The Morgan fingerprint density at radius 2 is 1.90 bits per heavy atom. The third-order valence-electron chi connectivity index (χ3n) is 4.55. The van der Waals surface area contributed by atoms with Gasteiger partial charge in [-0.15, -0.1) is 10.2 Å². The fourth-order valence-electron chi connectivity index (χ4n) is 3.01. The lowest BCUT2D eigenvalue weighted by molar-refractivity contribution is -0.117. The Hall–Kier alpha value is -3.96. The second-order valence-electron chi connectivity index (χ2n) is 6.42. The molecule has 0 aliphatic carbocycles. The SMILES string of the molecule is Cc1c(C(=O)C(=O)NCc2nn[nH]n2)c(C)n(C)c1C(=O)Nc1ccc(F)c(F)c1. The monoisotopic (exact) mass is 417 g/mol. The number of ketones is 1. The molecule has 156 valence electrons. The minimum atomic E-state index is -1.11. The highest BCUT2D eigenvalue weighted by Crippen LogP contribution is 2.23. The minimum Gasteiger partial charge on any atom is -0.343 e. The van der Waals surface area contributed by atoms with Gasteiger partial charge in [0.25, 0.3) is 17.6 Å². The molecule has 0 unspecified atom stereocenters. The molecule has 30 heavy (non-hydrogen) atoms. The third kappa shape index (κ3) is 3.92. The molecule has 0 aliphatic rings. The van der Waals surface area contributed by atoms with Crippen LogP contribution in [0.1, 0.15) is 37.9 Å². The van der Waals surface area contributed by atoms with Crippen LogP contribution in [0.15, 0.2) is 18.2 Å². The summed E-state index contributed by atoms with van der Waals surface area (Å²) in [6.07, 6.45) is 0. The summed E-state index contributed by atoms with van der Waals surface area (Å²) in [4.78, 5) is 37.6. The zero-order valence-corrected chi connectivity index (χ0v) is 16.2. The molecule has 0 saturated heterocycles. The maximum atomic E-state index is 13.4. The Bertz CT molecular complexity index is 1140. The average Bonchev–Trinajstić information content (AvgIpc) is 3.29. The van der Waals surface area contributed by atoms with Gasteiger partial charge in [-0.2, -0.15) is 5.21 Å². The molecule has 0 spiro atoms. The molecule has 12 heteroatoms. The van der Waals surface area contributed by atoms with Crippen LogP contribution in [-0.4, -0.2) is 42.8 Å². The van der Waals surface area contributed by atoms with Crippen molar-refractivity contribution in [1.29, 1.82) is 0 Å². The lowest BCUT2D eigenvalue weighted by Gasteiger charge is -2.08. The highest BCUT2D eigenvalue weighted by molar-refractivity contribution is 6.43. The average molecular weight is 417 g/mol. The Morgan fingerprint density at radius 1 is 1.17 bits per heavy atom. The van der Waals surface area contributed by atoms with Gasteiger partial charge in [-0.1, -0.05) is 5.21 Å². The van der Waals surface area contributed by atoms with Crippen molar-refractivity contribution in [2.75, 3.05) is 5.32 Å². The van der Waals surface area contributed by atoms with Crippen molar-refractivity contribution < 1.29 is 23.2 Å². The number of tetrazole rings is 1. The standard InChI is InChI=1S/C18H17F2N7O3/c1-8-14(16(28)18(30)21-7-13-23-25-26-24-13)9(2)27(3)15(8)17(29)22-10-4-5-11(19)12(20)6-10/h4-6H,7H2,1-3H3,(H,21,30)(H,22,29)(H,23,24,25,26). The van der Waals surface area contributed by atoms with Crippen LogP contribution in [0.4, 0.5) is 14.5 Å². The number of benzene rings is 1. The molecule has 3 aromatic rings. The van der Waals surface area contributed by atoms with E-state index in [4.69, 9.17) is 0 Å². The van der Waals surface area contributed by atoms with Gasteiger partial charge in [0.1, 0.15) is 5.69 Å². The van der Waals surface area contributed by atoms with Crippen LogP contribution in [0.5, 0.6) is 0 Å². The topological polar surface area (TPSA) is 135 Å². The number of nitrogens with one attached hydrogen (secondary N) is 3. The van der Waals surface area contributed by atoms with E-state index in [2.05, 4.69) is 31.3 Å². The predicted octanol–water partition coefficient (Wildman–Crippen LogP) is 1.18. The van der Waals surface area contributed by atoms with E-state index in [1.807, 2.05) is 0 Å². The van der Waals surface area contributed by atoms with E-state index in [1.165, 1.54) is 17.6 Å². The summed E-state index contributed by atoms with van der Waals surface area (Å²) < 4.78 is 27.9. The first-order valence-corrected chi connectivity index (χ1v) is 8.67. The molecule has 0 atom stereocenters. The van der Waals surface area contributed by atoms with Gasteiger partial charge in [0.05, 0.1) is 12.1 Å². The van der Waals surface area contributed by atoms with Gasteiger partial charge in [-0.3, -0.25) is 14.4 Å². The number of H-pyrrole nitrogens is 1. The first-order valence-electron chi connectivity index (χ1n) is 8.67. The van der Waals surface area contributed by atoms with Gasteiger partial charge >= 0.3 is 0 Å². The molecule has 2 heterocycles. The highest BCUT2D eigenvalue weighted by atomic mass is 19.2. The molecule has 0 fully saturated rings. The molecule has 0 bridgehead atoms.